The first-order valence-electron chi connectivity index (χ1n) is 15.4. The number of aliphatic hydroxyl groups excluding tert-OH is 2. The van der Waals surface area contributed by atoms with Crippen molar-refractivity contribution in [2.24, 2.45) is 10.8 Å². The fraction of sp³-hybridized carbons (Fsp3) is 0.400. The summed E-state index contributed by atoms with van der Waals surface area (Å²) in [5, 5.41) is 20.0. The van der Waals surface area contributed by atoms with Gasteiger partial charge >= 0.3 is 0 Å². The Labute approximate surface area is 265 Å². The highest BCUT2D eigenvalue weighted by atomic mass is 16.3. The van der Waals surface area contributed by atoms with Crippen LogP contribution in [0.2, 0.25) is 0 Å². The lowest BCUT2D eigenvalue weighted by molar-refractivity contribution is -0.126. The second kappa shape index (κ2) is 15.9. The summed E-state index contributed by atoms with van der Waals surface area (Å²) in [6, 6.07) is 0. The molecule has 0 radical (unpaired) electrons. The Hall–Kier alpha value is -3.60. The van der Waals surface area contributed by atoms with Gasteiger partial charge in [0, 0.05) is 0 Å². The lowest BCUT2D eigenvalue weighted by atomic mass is 9.71. The van der Waals surface area contributed by atoms with E-state index >= 15 is 0 Å². The third-order valence-corrected chi connectivity index (χ3v) is 8.31. The molecule has 0 aliphatic heterocycles. The van der Waals surface area contributed by atoms with E-state index in [1.54, 1.807) is 13.8 Å². The molecule has 0 bridgehead atoms. The van der Waals surface area contributed by atoms with E-state index in [2.05, 4.69) is 65.8 Å². The third kappa shape index (κ3) is 10.5. The summed E-state index contributed by atoms with van der Waals surface area (Å²) in [7, 11) is 0. The van der Waals surface area contributed by atoms with Crippen molar-refractivity contribution < 1.29 is 19.8 Å². The molecule has 0 fully saturated rings. The minimum Gasteiger partial charge on any atom is -0.385 e. The predicted octanol–water partition coefficient (Wildman–Crippen LogP) is 8.91. The van der Waals surface area contributed by atoms with Gasteiger partial charge < -0.3 is 10.2 Å². The normalized spacial score (nSPS) is 24.5. The number of rotatable bonds is 10. The van der Waals surface area contributed by atoms with Crippen molar-refractivity contribution in [2.75, 3.05) is 0 Å². The number of carbonyl (C=O) groups is 2. The van der Waals surface area contributed by atoms with Gasteiger partial charge in [-0.2, -0.15) is 0 Å². The van der Waals surface area contributed by atoms with Crippen LogP contribution in [0.25, 0.3) is 0 Å². The van der Waals surface area contributed by atoms with E-state index in [9.17, 15) is 19.8 Å². The molecule has 2 aliphatic carbocycles. The first-order valence-corrected chi connectivity index (χ1v) is 15.4. The molecule has 236 valence electrons. The molecule has 0 saturated heterocycles. The molecule has 4 nitrogen and oxygen atoms in total. The van der Waals surface area contributed by atoms with Crippen LogP contribution in [-0.2, 0) is 9.59 Å². The third-order valence-electron chi connectivity index (χ3n) is 8.31. The largest absolute Gasteiger partial charge is 0.385 e. The Morgan fingerprint density at radius 2 is 0.864 bits per heavy atom. The number of Topliss-reactive ketones (excluding diaryl/α,β-unsaturated/α-hetero) is 2. The van der Waals surface area contributed by atoms with Crippen molar-refractivity contribution in [3.8, 4) is 0 Å². The highest BCUT2D eigenvalue weighted by molar-refractivity contribution is 6.01. The molecule has 4 heteroatoms. The summed E-state index contributed by atoms with van der Waals surface area (Å²) in [5.41, 5.74) is 7.16. The Kier molecular flexibility index (Phi) is 13.2. The Bertz CT molecular complexity index is 1340. The van der Waals surface area contributed by atoms with Crippen molar-refractivity contribution in [1.29, 1.82) is 0 Å². The van der Waals surface area contributed by atoms with Gasteiger partial charge in [0.1, 0.15) is 12.2 Å². The van der Waals surface area contributed by atoms with Gasteiger partial charge in [0.25, 0.3) is 0 Å². The highest BCUT2D eigenvalue weighted by Crippen LogP contribution is 2.40. The fourth-order valence-electron chi connectivity index (χ4n) is 5.62. The van der Waals surface area contributed by atoms with Gasteiger partial charge in [-0.3, -0.25) is 9.59 Å². The number of carbonyl (C=O) groups excluding carboxylic acids is 2. The van der Waals surface area contributed by atoms with Gasteiger partial charge in [-0.05, 0) is 87.5 Å². The zero-order chi connectivity index (χ0) is 33.2. The zero-order valence-corrected chi connectivity index (χ0v) is 28.4. The molecule has 2 atom stereocenters. The first-order chi connectivity index (χ1) is 20.5. The van der Waals surface area contributed by atoms with Gasteiger partial charge in [-0.25, -0.2) is 0 Å². The van der Waals surface area contributed by atoms with Crippen LogP contribution in [0.15, 0.2) is 130 Å². The average molecular weight is 597 g/mol. The van der Waals surface area contributed by atoms with Crippen LogP contribution in [-0.4, -0.2) is 34.0 Å². The van der Waals surface area contributed by atoms with E-state index in [1.165, 1.54) is 0 Å². The van der Waals surface area contributed by atoms with E-state index < -0.39 is 12.2 Å². The Morgan fingerprint density at radius 1 is 0.568 bits per heavy atom. The highest BCUT2D eigenvalue weighted by Gasteiger charge is 2.37. The summed E-state index contributed by atoms with van der Waals surface area (Å²) >= 11 is 0. The van der Waals surface area contributed by atoms with Crippen molar-refractivity contribution in [3.05, 3.63) is 130 Å². The summed E-state index contributed by atoms with van der Waals surface area (Å²) < 4.78 is 0. The van der Waals surface area contributed by atoms with Crippen molar-refractivity contribution in [1.82, 2.24) is 0 Å². The van der Waals surface area contributed by atoms with E-state index in [4.69, 9.17) is 0 Å². The second-order valence-electron chi connectivity index (χ2n) is 13.4. The van der Waals surface area contributed by atoms with E-state index in [0.717, 1.165) is 33.4 Å². The maximum Gasteiger partial charge on any atom is 0.187 e. The number of allylic oxidation sites excluding steroid dienone is 20. The van der Waals surface area contributed by atoms with E-state index in [1.807, 2.05) is 74.6 Å². The smallest absolute Gasteiger partial charge is 0.187 e. The van der Waals surface area contributed by atoms with Gasteiger partial charge in [-0.1, -0.05) is 135 Å². The van der Waals surface area contributed by atoms with Crippen LogP contribution in [0.5, 0.6) is 0 Å². The molecule has 0 aromatic heterocycles. The molecule has 44 heavy (non-hydrogen) atoms. The number of aliphatic hydroxyl groups is 2. The molecular weight excluding hydrogens is 544 g/mol. The lowest BCUT2D eigenvalue weighted by Crippen LogP contribution is -2.35. The van der Waals surface area contributed by atoms with Gasteiger partial charge in [0.15, 0.2) is 11.6 Å². The van der Waals surface area contributed by atoms with Crippen molar-refractivity contribution >= 4 is 11.6 Å². The predicted molar refractivity (Wildman–Crippen MR) is 185 cm³/mol. The molecule has 2 rings (SSSR count). The summed E-state index contributed by atoms with van der Waals surface area (Å²) in [6.07, 6.45) is 27.5. The molecule has 0 heterocycles. The SMILES string of the molecule is CC1=C(\C=C/C(C)=C/C=C/C(C)=C\C=C\C=C(C)\C=C\C=C(C)\C=C/C2=C(C)C(=O)[C@@H](O)CC2(C)C)C(C)(C)C[C@H](O)C1=O. The van der Waals surface area contributed by atoms with Crippen LogP contribution >= 0.6 is 0 Å². The lowest BCUT2D eigenvalue weighted by Gasteiger charge is -2.34. The Balaban J connectivity index is 1.95. The van der Waals surface area contributed by atoms with Crippen LogP contribution in [0.3, 0.4) is 0 Å². The number of hydrogen-bond donors (Lipinski definition) is 2. The molecule has 2 N–H and O–H groups in total. The second-order valence-corrected chi connectivity index (χ2v) is 13.4. The maximum absolute atomic E-state index is 12.2. The summed E-state index contributed by atoms with van der Waals surface area (Å²) in [4.78, 5) is 24.5. The number of hydrogen-bond acceptors (Lipinski definition) is 4. The number of ketones is 2. The van der Waals surface area contributed by atoms with Crippen molar-refractivity contribution in [3.63, 3.8) is 0 Å². The Morgan fingerprint density at radius 3 is 1.20 bits per heavy atom. The molecule has 2 aliphatic rings. The zero-order valence-electron chi connectivity index (χ0n) is 28.4. The molecule has 0 aromatic carbocycles. The van der Waals surface area contributed by atoms with E-state index in [-0.39, 0.29) is 22.4 Å². The topological polar surface area (TPSA) is 74.6 Å². The monoisotopic (exact) mass is 596 g/mol. The van der Waals surface area contributed by atoms with Crippen molar-refractivity contribution in [2.45, 2.75) is 94.3 Å². The summed E-state index contributed by atoms with van der Waals surface area (Å²) in [6.45, 7) is 20.0. The van der Waals surface area contributed by atoms with E-state index in [0.29, 0.717) is 24.0 Å². The molecule has 0 unspecified atom stereocenters. The van der Waals surface area contributed by atoms with Crippen LogP contribution in [0.1, 0.15) is 82.1 Å². The molecule has 0 amide bonds. The van der Waals surface area contributed by atoms with Crippen LogP contribution < -0.4 is 0 Å². The standard InChI is InChI=1S/C40H52O4/c1-27(17-13-19-29(3)21-23-33-31(5)37(43)35(41)25-39(33,7)8)15-11-12-16-28(2)18-14-20-30(4)22-24-34-32(6)38(44)36(42)26-40(34,9)10/h11-24,35-36,41-42H,25-26H2,1-10H3/b12-11+,17-13+,18-14+,23-21-,24-22-,27-15-,28-16+,29-19+,30-20+/t35-,36-/m0/s1. The quantitative estimate of drug-likeness (QED) is 0.247. The van der Waals surface area contributed by atoms with Gasteiger partial charge in [-0.15, -0.1) is 0 Å². The molecule has 0 saturated carbocycles. The molecule has 0 spiro atoms. The minimum absolute atomic E-state index is 0.175. The first kappa shape index (κ1) is 36.6. The fourth-order valence-corrected chi connectivity index (χ4v) is 5.62. The van der Waals surface area contributed by atoms with Gasteiger partial charge in [0.2, 0.25) is 0 Å². The van der Waals surface area contributed by atoms with Gasteiger partial charge in [0.05, 0.1) is 0 Å². The maximum atomic E-state index is 12.2. The van der Waals surface area contributed by atoms with Crippen LogP contribution in [0, 0.1) is 10.8 Å². The minimum atomic E-state index is -0.907. The van der Waals surface area contributed by atoms with Crippen LogP contribution in [0.4, 0.5) is 0 Å². The molecule has 0 aromatic rings. The average Bonchev–Trinajstić information content (AvgIpc) is 2.92. The summed E-state index contributed by atoms with van der Waals surface area (Å²) in [5.74, 6) is -0.350. The molecular formula is C40H52O4.